The number of ketones is 1. The quantitative estimate of drug-likeness (QED) is 0.0300. The van der Waals surface area contributed by atoms with Crippen LogP contribution in [0.5, 0.6) is 0 Å². The third kappa shape index (κ3) is 21.0. The highest BCUT2D eigenvalue weighted by Gasteiger charge is 2.55. The molecule has 0 saturated heterocycles. The maximum absolute atomic E-state index is 12.8. The normalized spacial score (nSPS) is 14.5. The molecule has 0 unspecified atom stereocenters. The number of rotatable bonds is 32. The standard InChI is InChI=1S/C36H71NO5/c1-3-5-7-9-11-13-15-17-18-20-22-24-26-28-30-32-34(39)35(37,36(40,41)42)33(38)31-29-27-25-23-21-19-16-14-12-10-8-6-4-2/h29,31,33,38,40-42H,3-28,30,32,37H2,1-2H3/b31-29+/t33-,35+/m1/s1. The van der Waals surface area contributed by atoms with Crippen LogP contribution in [0.3, 0.4) is 0 Å². The zero-order valence-electron chi connectivity index (χ0n) is 27.8. The molecular weight excluding hydrogens is 526 g/mol. The van der Waals surface area contributed by atoms with Gasteiger partial charge >= 0.3 is 5.97 Å². The Morgan fingerprint density at radius 3 is 1.21 bits per heavy atom. The van der Waals surface area contributed by atoms with Crippen molar-refractivity contribution in [2.75, 3.05) is 0 Å². The van der Waals surface area contributed by atoms with Gasteiger partial charge in [-0.3, -0.25) is 4.79 Å². The van der Waals surface area contributed by atoms with E-state index >= 15 is 0 Å². The van der Waals surface area contributed by atoms with Gasteiger partial charge in [0.25, 0.3) is 0 Å². The van der Waals surface area contributed by atoms with Gasteiger partial charge in [-0.25, -0.2) is 0 Å². The van der Waals surface area contributed by atoms with E-state index in [0.29, 0.717) is 12.8 Å². The maximum Gasteiger partial charge on any atom is 0.305 e. The van der Waals surface area contributed by atoms with Gasteiger partial charge in [-0.2, -0.15) is 0 Å². The van der Waals surface area contributed by atoms with Crippen LogP contribution >= 0.6 is 0 Å². The second-order valence-electron chi connectivity index (χ2n) is 12.8. The molecule has 0 aliphatic rings. The van der Waals surface area contributed by atoms with Crippen molar-refractivity contribution in [1.82, 2.24) is 0 Å². The molecule has 6 N–H and O–H groups in total. The number of aliphatic hydroxyl groups is 4. The van der Waals surface area contributed by atoms with Crippen LogP contribution in [-0.2, 0) is 4.79 Å². The summed E-state index contributed by atoms with van der Waals surface area (Å²) in [7, 11) is 0. The molecule has 0 spiro atoms. The third-order valence-electron chi connectivity index (χ3n) is 8.78. The summed E-state index contributed by atoms with van der Waals surface area (Å²) in [6.45, 7) is 4.49. The number of hydrogen-bond donors (Lipinski definition) is 5. The Kier molecular flexibility index (Phi) is 27.2. The summed E-state index contributed by atoms with van der Waals surface area (Å²) in [5.74, 6) is -4.24. The molecule has 6 heteroatoms. The Bertz CT molecular complexity index is 633. The van der Waals surface area contributed by atoms with E-state index in [-0.39, 0.29) is 6.42 Å². The Morgan fingerprint density at radius 2 is 0.881 bits per heavy atom. The van der Waals surface area contributed by atoms with Crippen molar-refractivity contribution >= 4 is 5.78 Å². The largest absolute Gasteiger partial charge is 0.386 e. The first-order chi connectivity index (χ1) is 20.2. The van der Waals surface area contributed by atoms with Crippen LogP contribution in [0.25, 0.3) is 0 Å². The van der Waals surface area contributed by atoms with Crippen molar-refractivity contribution in [1.29, 1.82) is 0 Å². The first kappa shape index (κ1) is 41.2. The molecule has 0 saturated carbocycles. The summed E-state index contributed by atoms with van der Waals surface area (Å²) in [5.41, 5.74) is 3.40. The van der Waals surface area contributed by atoms with E-state index < -0.39 is 23.4 Å². The number of aliphatic hydroxyl groups excluding tert-OH is 1. The Morgan fingerprint density at radius 1 is 0.571 bits per heavy atom. The number of hydrogen-bond acceptors (Lipinski definition) is 6. The fourth-order valence-corrected chi connectivity index (χ4v) is 5.72. The van der Waals surface area contributed by atoms with Crippen molar-refractivity contribution in [2.24, 2.45) is 5.73 Å². The van der Waals surface area contributed by atoms with Crippen LogP contribution in [0.4, 0.5) is 0 Å². The monoisotopic (exact) mass is 598 g/mol. The molecular formula is C36H71NO5. The predicted octanol–water partition coefficient (Wildman–Crippen LogP) is 8.76. The molecule has 0 bridgehead atoms. The summed E-state index contributed by atoms with van der Waals surface area (Å²) >= 11 is 0. The highest BCUT2D eigenvalue weighted by Crippen LogP contribution is 2.25. The summed E-state index contributed by atoms with van der Waals surface area (Å²) in [6, 6.07) is 0. The van der Waals surface area contributed by atoms with E-state index in [1.165, 1.54) is 134 Å². The first-order valence-corrected chi connectivity index (χ1v) is 18.1. The SMILES string of the molecule is CCCCCCCCCCCCC/C=C/[C@@H](O)[C@](N)(C(=O)CCCCCCCCCCCCCCCCC)C(O)(O)O. The van der Waals surface area contributed by atoms with Crippen LogP contribution in [0.1, 0.15) is 194 Å². The third-order valence-corrected chi connectivity index (χ3v) is 8.78. The van der Waals surface area contributed by atoms with E-state index in [9.17, 15) is 25.2 Å². The highest BCUT2D eigenvalue weighted by molar-refractivity contribution is 5.90. The molecule has 0 aromatic carbocycles. The average Bonchev–Trinajstić information content (AvgIpc) is 2.96. The van der Waals surface area contributed by atoms with Gasteiger partial charge in [0, 0.05) is 6.42 Å². The number of Topliss-reactive ketones (excluding diaryl/α,β-unsaturated/α-hetero) is 1. The molecule has 42 heavy (non-hydrogen) atoms. The van der Waals surface area contributed by atoms with Crippen molar-refractivity contribution in [3.63, 3.8) is 0 Å². The highest BCUT2D eigenvalue weighted by atomic mass is 16.7. The maximum atomic E-state index is 12.8. The van der Waals surface area contributed by atoms with Gasteiger partial charge < -0.3 is 26.2 Å². The minimum Gasteiger partial charge on any atom is -0.386 e. The van der Waals surface area contributed by atoms with Crippen molar-refractivity contribution in [3.05, 3.63) is 12.2 Å². The van der Waals surface area contributed by atoms with Crippen molar-refractivity contribution in [2.45, 2.75) is 211 Å². The Balaban J connectivity index is 4.05. The summed E-state index contributed by atoms with van der Waals surface area (Å²) in [5, 5.41) is 40.2. The Hall–Kier alpha value is -0.790. The van der Waals surface area contributed by atoms with E-state index in [1.54, 1.807) is 6.08 Å². The molecule has 0 aliphatic heterocycles. The molecule has 0 amide bonds. The Labute approximate surface area is 260 Å². The molecule has 0 aromatic rings. The van der Waals surface area contributed by atoms with Crippen molar-refractivity contribution < 1.29 is 25.2 Å². The van der Waals surface area contributed by atoms with E-state index in [0.717, 1.165) is 32.1 Å². The fourth-order valence-electron chi connectivity index (χ4n) is 5.72. The summed E-state index contributed by atoms with van der Waals surface area (Å²) < 4.78 is 0. The number of unbranched alkanes of at least 4 members (excludes halogenated alkanes) is 25. The zero-order chi connectivity index (χ0) is 31.4. The minimum absolute atomic E-state index is 0.0122. The van der Waals surface area contributed by atoms with Gasteiger partial charge in [-0.1, -0.05) is 180 Å². The number of carbonyl (C=O) groups is 1. The molecule has 6 nitrogen and oxygen atoms in total. The minimum atomic E-state index is -3.50. The number of allylic oxidation sites excluding steroid dienone is 1. The second kappa shape index (κ2) is 27.7. The molecule has 250 valence electrons. The lowest BCUT2D eigenvalue weighted by atomic mass is 9.83. The van der Waals surface area contributed by atoms with Crippen LogP contribution in [0.2, 0.25) is 0 Å². The fraction of sp³-hybridized carbons (Fsp3) is 0.917. The van der Waals surface area contributed by atoms with E-state index in [2.05, 4.69) is 13.8 Å². The van der Waals surface area contributed by atoms with Gasteiger partial charge in [-0.05, 0) is 19.3 Å². The lowest BCUT2D eigenvalue weighted by Gasteiger charge is -2.37. The van der Waals surface area contributed by atoms with Crippen LogP contribution < -0.4 is 5.73 Å². The van der Waals surface area contributed by atoms with Gasteiger partial charge in [-0.15, -0.1) is 0 Å². The van der Waals surface area contributed by atoms with Crippen molar-refractivity contribution in [3.8, 4) is 0 Å². The van der Waals surface area contributed by atoms with Gasteiger partial charge in [0.15, 0.2) is 11.3 Å². The summed E-state index contributed by atoms with van der Waals surface area (Å²) in [4.78, 5) is 12.8. The van der Waals surface area contributed by atoms with Crippen LogP contribution in [-0.4, -0.2) is 43.8 Å². The topological polar surface area (TPSA) is 124 Å². The van der Waals surface area contributed by atoms with Crippen LogP contribution in [0.15, 0.2) is 12.2 Å². The molecule has 0 aliphatic carbocycles. The number of nitrogens with two attached hydrogens (primary N) is 1. The lowest BCUT2D eigenvalue weighted by Crippen LogP contribution is -2.71. The van der Waals surface area contributed by atoms with E-state index in [4.69, 9.17) is 5.73 Å². The van der Waals surface area contributed by atoms with Gasteiger partial charge in [0.1, 0.15) is 6.10 Å². The lowest BCUT2D eigenvalue weighted by molar-refractivity contribution is -0.348. The molecule has 2 atom stereocenters. The van der Waals surface area contributed by atoms with Gasteiger partial charge in [0.05, 0.1) is 0 Å². The second-order valence-corrected chi connectivity index (χ2v) is 12.8. The smallest absolute Gasteiger partial charge is 0.305 e. The van der Waals surface area contributed by atoms with Gasteiger partial charge in [0.2, 0.25) is 0 Å². The molecule has 0 rings (SSSR count). The van der Waals surface area contributed by atoms with E-state index in [1.807, 2.05) is 0 Å². The molecule has 0 heterocycles. The average molecular weight is 598 g/mol. The van der Waals surface area contributed by atoms with Crippen LogP contribution in [0, 0.1) is 0 Å². The molecule has 0 fully saturated rings. The zero-order valence-corrected chi connectivity index (χ0v) is 27.8. The predicted molar refractivity (Wildman–Crippen MR) is 177 cm³/mol. The first-order valence-electron chi connectivity index (χ1n) is 18.1. The molecule has 0 radical (unpaired) electrons. The molecule has 0 aromatic heterocycles. The summed E-state index contributed by atoms with van der Waals surface area (Å²) in [6.07, 6.45) is 33.8. The number of carbonyl (C=O) groups excluding carboxylic acids is 1.